The van der Waals surface area contributed by atoms with E-state index in [2.05, 4.69) is 20.3 Å². The number of aromatic amines is 1. The molecular weight excluding hydrogens is 375 g/mol. The fraction of sp³-hybridized carbons (Fsp3) is 0.176. The molecule has 134 valence electrons. The molecule has 6 nitrogen and oxygen atoms in total. The van der Waals surface area contributed by atoms with Crippen molar-refractivity contribution in [1.29, 1.82) is 0 Å². The lowest BCUT2D eigenvalue weighted by Crippen LogP contribution is -2.15. The van der Waals surface area contributed by atoms with Crippen LogP contribution in [0.2, 0.25) is 0 Å². The van der Waals surface area contributed by atoms with Crippen LogP contribution in [0.4, 0.5) is 9.52 Å². The summed E-state index contributed by atoms with van der Waals surface area (Å²) in [7, 11) is 0. The SMILES string of the molecule is CCc1cc(=O)[nH]c(SCC(=O)Nc2nc(-c3ccc(F)cc3)cs2)n1. The molecule has 9 heteroatoms. The molecule has 0 aliphatic heterocycles. The number of nitrogens with one attached hydrogen (secondary N) is 2. The minimum atomic E-state index is -0.312. The van der Waals surface area contributed by atoms with Gasteiger partial charge in [0.15, 0.2) is 10.3 Å². The van der Waals surface area contributed by atoms with E-state index in [1.165, 1.54) is 29.5 Å². The van der Waals surface area contributed by atoms with E-state index in [1.807, 2.05) is 6.92 Å². The van der Waals surface area contributed by atoms with Crippen LogP contribution < -0.4 is 10.9 Å². The van der Waals surface area contributed by atoms with Crippen LogP contribution in [-0.2, 0) is 11.2 Å². The van der Waals surface area contributed by atoms with Gasteiger partial charge in [0.2, 0.25) is 5.91 Å². The second kappa shape index (κ2) is 8.24. The van der Waals surface area contributed by atoms with E-state index in [0.717, 1.165) is 17.3 Å². The van der Waals surface area contributed by atoms with Gasteiger partial charge in [0.1, 0.15) is 5.82 Å². The minimum Gasteiger partial charge on any atom is -0.301 e. The average Bonchev–Trinajstić information content (AvgIpc) is 3.08. The topological polar surface area (TPSA) is 87.7 Å². The molecule has 0 saturated carbocycles. The quantitative estimate of drug-likeness (QED) is 0.498. The van der Waals surface area contributed by atoms with Gasteiger partial charge in [-0.2, -0.15) is 0 Å². The van der Waals surface area contributed by atoms with Gasteiger partial charge >= 0.3 is 0 Å². The van der Waals surface area contributed by atoms with Crippen LogP contribution in [0, 0.1) is 5.82 Å². The van der Waals surface area contributed by atoms with E-state index < -0.39 is 0 Å². The van der Waals surface area contributed by atoms with Gasteiger partial charge in [0.25, 0.3) is 5.56 Å². The van der Waals surface area contributed by atoms with E-state index in [9.17, 15) is 14.0 Å². The lowest BCUT2D eigenvalue weighted by atomic mass is 10.2. The van der Waals surface area contributed by atoms with E-state index in [1.54, 1.807) is 17.5 Å². The smallest absolute Gasteiger partial charge is 0.251 e. The Hall–Kier alpha value is -2.52. The molecule has 2 heterocycles. The van der Waals surface area contributed by atoms with E-state index in [0.29, 0.717) is 28.1 Å². The lowest BCUT2D eigenvalue weighted by Gasteiger charge is -2.03. The van der Waals surface area contributed by atoms with Crippen molar-refractivity contribution in [2.45, 2.75) is 18.5 Å². The number of anilines is 1. The number of aromatic nitrogens is 3. The van der Waals surface area contributed by atoms with Crippen molar-refractivity contribution in [3.63, 3.8) is 0 Å². The molecule has 2 aromatic heterocycles. The largest absolute Gasteiger partial charge is 0.301 e. The summed E-state index contributed by atoms with van der Waals surface area (Å²) < 4.78 is 13.0. The van der Waals surface area contributed by atoms with Crippen molar-refractivity contribution < 1.29 is 9.18 Å². The number of amides is 1. The second-order valence-corrected chi connectivity index (χ2v) is 7.10. The van der Waals surface area contributed by atoms with Crippen LogP contribution in [0.15, 0.2) is 45.7 Å². The standard InChI is InChI=1S/C17H15FN4O2S2/c1-2-12-7-14(23)21-16(19-12)26-9-15(24)22-17-20-13(8-25-17)10-3-5-11(18)6-4-10/h3-8H,2,9H2,1H3,(H,19,21,23)(H,20,22,24). The van der Waals surface area contributed by atoms with Gasteiger partial charge in [-0.05, 0) is 30.7 Å². The number of hydrogen-bond acceptors (Lipinski definition) is 6. The zero-order valence-electron chi connectivity index (χ0n) is 13.8. The predicted octanol–water partition coefficient (Wildman–Crippen LogP) is 3.33. The van der Waals surface area contributed by atoms with Crippen LogP contribution in [-0.4, -0.2) is 26.6 Å². The van der Waals surface area contributed by atoms with Crippen molar-refractivity contribution in [3.05, 3.63) is 57.6 Å². The van der Waals surface area contributed by atoms with Gasteiger partial charge in [-0.15, -0.1) is 11.3 Å². The number of nitrogens with zero attached hydrogens (tertiary/aromatic N) is 2. The molecular formula is C17H15FN4O2S2. The summed E-state index contributed by atoms with van der Waals surface area (Å²) in [5, 5.41) is 5.37. The first-order valence-corrected chi connectivity index (χ1v) is 9.64. The number of rotatable bonds is 6. The highest BCUT2D eigenvalue weighted by Gasteiger charge is 2.10. The zero-order chi connectivity index (χ0) is 18.5. The number of aryl methyl sites for hydroxylation is 1. The van der Waals surface area contributed by atoms with Gasteiger partial charge < -0.3 is 10.3 Å². The molecule has 0 aliphatic carbocycles. The van der Waals surface area contributed by atoms with Crippen LogP contribution in [0.1, 0.15) is 12.6 Å². The molecule has 0 spiro atoms. The van der Waals surface area contributed by atoms with E-state index in [-0.39, 0.29) is 23.0 Å². The first-order valence-electron chi connectivity index (χ1n) is 7.78. The highest BCUT2D eigenvalue weighted by Crippen LogP contribution is 2.25. The Morgan fingerprint density at radius 2 is 2.08 bits per heavy atom. The Kier molecular flexibility index (Phi) is 5.79. The zero-order valence-corrected chi connectivity index (χ0v) is 15.4. The Balaban J connectivity index is 1.59. The number of halogens is 1. The normalized spacial score (nSPS) is 10.7. The first kappa shape index (κ1) is 18.3. The minimum absolute atomic E-state index is 0.0988. The van der Waals surface area contributed by atoms with E-state index in [4.69, 9.17) is 0 Å². The average molecular weight is 390 g/mol. The molecule has 2 N–H and O–H groups in total. The number of carbonyl (C=O) groups is 1. The van der Waals surface area contributed by atoms with Crippen molar-refractivity contribution in [3.8, 4) is 11.3 Å². The van der Waals surface area contributed by atoms with Crippen LogP contribution in [0.5, 0.6) is 0 Å². The third-order valence-electron chi connectivity index (χ3n) is 3.37. The molecule has 0 atom stereocenters. The monoisotopic (exact) mass is 390 g/mol. The van der Waals surface area contributed by atoms with Gasteiger partial charge in [-0.1, -0.05) is 18.7 Å². The maximum absolute atomic E-state index is 13.0. The van der Waals surface area contributed by atoms with Gasteiger partial charge in [0, 0.05) is 22.7 Å². The summed E-state index contributed by atoms with van der Waals surface area (Å²) in [4.78, 5) is 34.8. The molecule has 1 amide bonds. The maximum Gasteiger partial charge on any atom is 0.251 e. The van der Waals surface area contributed by atoms with Crippen LogP contribution in [0.3, 0.4) is 0 Å². The molecule has 0 bridgehead atoms. The number of benzene rings is 1. The predicted molar refractivity (Wildman–Crippen MR) is 101 cm³/mol. The van der Waals surface area contributed by atoms with Crippen molar-refractivity contribution in [1.82, 2.24) is 15.0 Å². The fourth-order valence-corrected chi connectivity index (χ4v) is 3.54. The summed E-state index contributed by atoms with van der Waals surface area (Å²) in [6.45, 7) is 1.91. The third kappa shape index (κ3) is 4.77. The Morgan fingerprint density at radius 1 is 1.31 bits per heavy atom. The molecule has 0 unspecified atom stereocenters. The summed E-state index contributed by atoms with van der Waals surface area (Å²) in [5.74, 6) is -0.463. The summed E-state index contributed by atoms with van der Waals surface area (Å²) >= 11 is 2.44. The van der Waals surface area contributed by atoms with Gasteiger partial charge in [0.05, 0.1) is 11.4 Å². The first-order chi connectivity index (χ1) is 12.5. The van der Waals surface area contributed by atoms with Crippen molar-refractivity contribution in [2.75, 3.05) is 11.1 Å². The third-order valence-corrected chi connectivity index (χ3v) is 5.00. The molecule has 1 aromatic carbocycles. The lowest BCUT2D eigenvalue weighted by molar-refractivity contribution is -0.113. The highest BCUT2D eigenvalue weighted by atomic mass is 32.2. The Morgan fingerprint density at radius 3 is 2.81 bits per heavy atom. The molecule has 0 saturated heterocycles. The molecule has 0 aliphatic rings. The number of hydrogen-bond donors (Lipinski definition) is 2. The van der Waals surface area contributed by atoms with Crippen molar-refractivity contribution >= 4 is 34.1 Å². The van der Waals surface area contributed by atoms with Crippen LogP contribution in [0.25, 0.3) is 11.3 Å². The van der Waals surface area contributed by atoms with Crippen LogP contribution >= 0.6 is 23.1 Å². The van der Waals surface area contributed by atoms with Crippen molar-refractivity contribution in [2.24, 2.45) is 0 Å². The number of carbonyl (C=O) groups excluding carboxylic acids is 1. The van der Waals surface area contributed by atoms with Gasteiger partial charge in [-0.25, -0.2) is 14.4 Å². The molecule has 3 aromatic rings. The Bertz CT molecular complexity index is 969. The second-order valence-electron chi connectivity index (χ2n) is 5.28. The maximum atomic E-state index is 13.0. The number of thioether (sulfide) groups is 1. The highest BCUT2D eigenvalue weighted by molar-refractivity contribution is 7.99. The summed E-state index contributed by atoms with van der Waals surface area (Å²) in [6.07, 6.45) is 0.648. The summed E-state index contributed by atoms with van der Waals surface area (Å²) in [6, 6.07) is 7.43. The van der Waals surface area contributed by atoms with E-state index >= 15 is 0 Å². The number of thiazole rings is 1. The molecule has 0 radical (unpaired) electrons. The van der Waals surface area contributed by atoms with Gasteiger partial charge in [-0.3, -0.25) is 9.59 Å². The molecule has 26 heavy (non-hydrogen) atoms. The fourth-order valence-electron chi connectivity index (χ4n) is 2.11. The molecule has 0 fully saturated rings. The molecule has 3 rings (SSSR count). The Labute approximate surface area is 156 Å². The summed E-state index contributed by atoms with van der Waals surface area (Å²) in [5.41, 5.74) is 1.89. The number of H-pyrrole nitrogens is 1.